The van der Waals surface area contributed by atoms with E-state index in [9.17, 15) is 9.90 Å². The quantitative estimate of drug-likeness (QED) is 0.868. The monoisotopic (exact) mass is 241 g/mol. The smallest absolute Gasteiger partial charge is 0.257 e. The zero-order valence-electron chi connectivity index (χ0n) is 10.1. The fourth-order valence-electron chi connectivity index (χ4n) is 1.70. The van der Waals surface area contributed by atoms with Gasteiger partial charge in [-0.25, -0.2) is 0 Å². The highest BCUT2D eigenvalue weighted by Crippen LogP contribution is 2.18. The Balaban J connectivity index is 2.12. The Morgan fingerprint density at radius 2 is 1.67 bits per heavy atom. The fraction of sp³-hybridized carbons (Fsp3) is 0.133. The zero-order valence-corrected chi connectivity index (χ0v) is 10.1. The van der Waals surface area contributed by atoms with Gasteiger partial charge in [-0.05, 0) is 24.1 Å². The van der Waals surface area contributed by atoms with E-state index in [0.29, 0.717) is 5.56 Å². The first-order chi connectivity index (χ1) is 8.68. The Kier molecular flexibility index (Phi) is 3.75. The predicted octanol–water partition coefficient (Wildman–Crippen LogP) is 2.67. The normalized spacial score (nSPS) is 11.9. The Bertz CT molecular complexity index is 537. The first kappa shape index (κ1) is 12.3. The summed E-state index contributed by atoms with van der Waals surface area (Å²) in [6.07, 6.45) is -1.15. The van der Waals surface area contributed by atoms with Gasteiger partial charge in [0.2, 0.25) is 0 Å². The highest BCUT2D eigenvalue weighted by Gasteiger charge is 2.17. The third-order valence-corrected chi connectivity index (χ3v) is 2.77. The molecule has 0 fully saturated rings. The molecular weight excluding hydrogens is 226 g/mol. The van der Waals surface area contributed by atoms with Crippen LogP contribution in [0.25, 0.3) is 0 Å². The third-order valence-electron chi connectivity index (χ3n) is 2.77. The molecule has 3 heteroatoms. The second-order valence-corrected chi connectivity index (χ2v) is 4.12. The molecule has 0 spiro atoms. The van der Waals surface area contributed by atoms with E-state index in [1.165, 1.54) is 0 Å². The molecule has 0 bridgehead atoms. The lowest BCUT2D eigenvalue weighted by molar-refractivity contribution is -0.124. The van der Waals surface area contributed by atoms with Crippen molar-refractivity contribution in [2.24, 2.45) is 0 Å². The van der Waals surface area contributed by atoms with E-state index in [-0.39, 0.29) is 0 Å². The van der Waals surface area contributed by atoms with Crippen molar-refractivity contribution in [3.05, 3.63) is 65.7 Å². The van der Waals surface area contributed by atoms with E-state index in [2.05, 4.69) is 5.32 Å². The summed E-state index contributed by atoms with van der Waals surface area (Å²) in [4.78, 5) is 11.9. The van der Waals surface area contributed by atoms with Gasteiger partial charge in [0.25, 0.3) is 5.91 Å². The molecule has 1 amide bonds. The van der Waals surface area contributed by atoms with Gasteiger partial charge in [-0.1, -0.05) is 48.5 Å². The highest BCUT2D eigenvalue weighted by atomic mass is 16.3. The Morgan fingerprint density at radius 3 is 2.33 bits per heavy atom. The summed E-state index contributed by atoms with van der Waals surface area (Å²) >= 11 is 0. The van der Waals surface area contributed by atoms with Crippen LogP contribution in [-0.2, 0) is 4.79 Å². The molecular formula is C15H15NO2. The van der Waals surface area contributed by atoms with Crippen molar-refractivity contribution in [1.82, 2.24) is 0 Å². The molecule has 2 N–H and O–H groups in total. The number of carbonyl (C=O) groups is 1. The highest BCUT2D eigenvalue weighted by molar-refractivity contribution is 5.95. The van der Waals surface area contributed by atoms with Crippen molar-refractivity contribution in [1.29, 1.82) is 0 Å². The van der Waals surface area contributed by atoms with Crippen LogP contribution >= 0.6 is 0 Å². The Morgan fingerprint density at radius 1 is 1.06 bits per heavy atom. The summed E-state index contributed by atoms with van der Waals surface area (Å²) in [5.74, 6) is -0.421. The van der Waals surface area contributed by atoms with Crippen molar-refractivity contribution in [2.45, 2.75) is 13.0 Å². The van der Waals surface area contributed by atoms with Gasteiger partial charge >= 0.3 is 0 Å². The molecule has 0 radical (unpaired) electrons. The van der Waals surface area contributed by atoms with Crippen LogP contribution in [0.2, 0.25) is 0 Å². The number of benzene rings is 2. The lowest BCUT2D eigenvalue weighted by Crippen LogP contribution is -2.21. The maximum atomic E-state index is 11.9. The maximum Gasteiger partial charge on any atom is 0.257 e. The van der Waals surface area contributed by atoms with E-state index in [4.69, 9.17) is 0 Å². The van der Waals surface area contributed by atoms with Crippen LogP contribution in [0.1, 0.15) is 17.2 Å². The largest absolute Gasteiger partial charge is 0.378 e. The number of rotatable bonds is 3. The van der Waals surface area contributed by atoms with Crippen LogP contribution in [0, 0.1) is 6.92 Å². The number of aliphatic hydroxyl groups is 1. The molecule has 3 nitrogen and oxygen atoms in total. The number of anilines is 1. The Labute approximate surface area is 106 Å². The lowest BCUT2D eigenvalue weighted by atomic mass is 10.1. The molecule has 0 saturated carbocycles. The Hall–Kier alpha value is -2.13. The predicted molar refractivity (Wildman–Crippen MR) is 71.2 cm³/mol. The summed E-state index contributed by atoms with van der Waals surface area (Å²) in [5, 5.41) is 12.6. The van der Waals surface area contributed by atoms with E-state index >= 15 is 0 Å². The van der Waals surface area contributed by atoms with Gasteiger partial charge in [0, 0.05) is 5.69 Å². The number of para-hydroxylation sites is 1. The SMILES string of the molecule is Cc1ccccc1NC(=O)[C@H](O)c1ccccc1. The third kappa shape index (κ3) is 2.76. The molecule has 0 saturated heterocycles. The minimum absolute atomic E-state index is 0.421. The molecule has 2 aromatic carbocycles. The van der Waals surface area contributed by atoms with Crippen LogP contribution < -0.4 is 5.32 Å². The van der Waals surface area contributed by atoms with Crippen LogP contribution in [0.4, 0.5) is 5.69 Å². The molecule has 92 valence electrons. The number of aryl methyl sites for hydroxylation is 1. The second kappa shape index (κ2) is 5.47. The molecule has 0 aliphatic heterocycles. The van der Waals surface area contributed by atoms with Gasteiger partial charge in [-0.2, -0.15) is 0 Å². The van der Waals surface area contributed by atoms with E-state index in [1.54, 1.807) is 24.3 Å². The van der Waals surface area contributed by atoms with Crippen LogP contribution in [0.15, 0.2) is 54.6 Å². The van der Waals surface area contributed by atoms with Gasteiger partial charge in [-0.15, -0.1) is 0 Å². The first-order valence-electron chi connectivity index (χ1n) is 5.78. The number of hydrogen-bond acceptors (Lipinski definition) is 2. The molecule has 0 aromatic heterocycles. The molecule has 0 aliphatic rings. The molecule has 2 aromatic rings. The zero-order chi connectivity index (χ0) is 13.0. The minimum atomic E-state index is -1.15. The van der Waals surface area contributed by atoms with Crippen LogP contribution in [-0.4, -0.2) is 11.0 Å². The minimum Gasteiger partial charge on any atom is -0.378 e. The standard InChI is InChI=1S/C15H15NO2/c1-11-7-5-6-10-13(11)16-15(18)14(17)12-8-3-2-4-9-12/h2-10,14,17H,1H3,(H,16,18)/t14-/m1/s1. The van der Waals surface area contributed by atoms with Crippen molar-refractivity contribution < 1.29 is 9.90 Å². The van der Waals surface area contributed by atoms with Gasteiger partial charge in [0.1, 0.15) is 0 Å². The number of carbonyl (C=O) groups excluding carboxylic acids is 1. The van der Waals surface area contributed by atoms with Gasteiger partial charge in [-0.3, -0.25) is 4.79 Å². The van der Waals surface area contributed by atoms with Crippen LogP contribution in [0.3, 0.4) is 0 Å². The topological polar surface area (TPSA) is 49.3 Å². The van der Waals surface area contributed by atoms with Gasteiger partial charge < -0.3 is 10.4 Å². The lowest BCUT2D eigenvalue weighted by Gasteiger charge is -2.13. The molecule has 0 unspecified atom stereocenters. The fourth-order valence-corrected chi connectivity index (χ4v) is 1.70. The number of nitrogens with one attached hydrogen (secondary N) is 1. The molecule has 0 heterocycles. The second-order valence-electron chi connectivity index (χ2n) is 4.12. The number of amides is 1. The van der Waals surface area contributed by atoms with Crippen molar-refractivity contribution in [2.75, 3.05) is 5.32 Å². The van der Waals surface area contributed by atoms with Crippen molar-refractivity contribution >= 4 is 11.6 Å². The van der Waals surface area contributed by atoms with E-state index < -0.39 is 12.0 Å². The number of aliphatic hydroxyl groups excluding tert-OH is 1. The molecule has 0 aliphatic carbocycles. The van der Waals surface area contributed by atoms with Crippen molar-refractivity contribution in [3.8, 4) is 0 Å². The van der Waals surface area contributed by atoms with E-state index in [1.807, 2.05) is 37.3 Å². The summed E-state index contributed by atoms with van der Waals surface area (Å²) in [6.45, 7) is 1.91. The molecule has 1 atom stereocenters. The van der Waals surface area contributed by atoms with Gasteiger partial charge in [0.05, 0.1) is 0 Å². The number of hydrogen-bond donors (Lipinski definition) is 2. The van der Waals surface area contributed by atoms with Gasteiger partial charge in [0.15, 0.2) is 6.10 Å². The average molecular weight is 241 g/mol. The van der Waals surface area contributed by atoms with Crippen molar-refractivity contribution in [3.63, 3.8) is 0 Å². The first-order valence-corrected chi connectivity index (χ1v) is 5.78. The average Bonchev–Trinajstić information content (AvgIpc) is 2.41. The molecule has 2 rings (SSSR count). The summed E-state index contributed by atoms with van der Waals surface area (Å²) in [5.41, 5.74) is 2.27. The maximum absolute atomic E-state index is 11.9. The van der Waals surface area contributed by atoms with E-state index in [0.717, 1.165) is 11.3 Å². The molecule has 18 heavy (non-hydrogen) atoms. The van der Waals surface area contributed by atoms with Crippen LogP contribution in [0.5, 0.6) is 0 Å². The summed E-state index contributed by atoms with van der Waals surface area (Å²) in [7, 11) is 0. The summed E-state index contributed by atoms with van der Waals surface area (Å²) < 4.78 is 0. The summed E-state index contributed by atoms with van der Waals surface area (Å²) in [6, 6.07) is 16.3.